The lowest BCUT2D eigenvalue weighted by Gasteiger charge is -2.25. The maximum Gasteiger partial charge on any atom is 0.357 e. The van der Waals surface area contributed by atoms with Gasteiger partial charge in [-0.15, -0.1) is 11.3 Å². The van der Waals surface area contributed by atoms with E-state index < -0.39 is 0 Å². The molecular weight excluding hydrogens is 234 g/mol. The first-order valence-electron chi connectivity index (χ1n) is 6.17. The van der Waals surface area contributed by atoms with E-state index in [4.69, 9.17) is 4.74 Å². The molecule has 1 fully saturated rings. The lowest BCUT2D eigenvalue weighted by atomic mass is 9.82. The molecule has 1 heterocycles. The van der Waals surface area contributed by atoms with Crippen LogP contribution in [0.15, 0.2) is 0 Å². The molecule has 94 valence electrons. The molecule has 17 heavy (non-hydrogen) atoms. The van der Waals surface area contributed by atoms with Crippen molar-refractivity contribution in [3.05, 3.63) is 15.6 Å². The highest BCUT2D eigenvalue weighted by Gasteiger charge is 2.27. The Hall–Kier alpha value is -0.900. The molecule has 0 aromatic carbocycles. The summed E-state index contributed by atoms with van der Waals surface area (Å²) in [6, 6.07) is 0. The van der Waals surface area contributed by atoms with Crippen LogP contribution in [-0.2, 0) is 4.74 Å². The van der Waals surface area contributed by atoms with Crippen molar-refractivity contribution in [2.45, 2.75) is 45.4 Å². The number of ether oxygens (including phenoxy) is 1. The molecule has 0 aliphatic heterocycles. The van der Waals surface area contributed by atoms with Gasteiger partial charge in [0.05, 0.1) is 12.1 Å². The van der Waals surface area contributed by atoms with Crippen molar-refractivity contribution in [2.24, 2.45) is 5.92 Å². The minimum absolute atomic E-state index is 0.289. The Balaban J connectivity index is 2.22. The van der Waals surface area contributed by atoms with E-state index in [2.05, 4.69) is 11.9 Å². The minimum atomic E-state index is -0.289. The molecule has 0 saturated heterocycles. The number of hydrogen-bond donors (Lipinski definition) is 0. The van der Waals surface area contributed by atoms with Crippen molar-refractivity contribution in [3.63, 3.8) is 0 Å². The van der Waals surface area contributed by atoms with E-state index >= 15 is 0 Å². The Morgan fingerprint density at radius 3 is 2.59 bits per heavy atom. The summed E-state index contributed by atoms with van der Waals surface area (Å²) in [6.07, 6.45) is 4.85. The summed E-state index contributed by atoms with van der Waals surface area (Å²) in [7, 11) is 1.42. The van der Waals surface area contributed by atoms with Crippen molar-refractivity contribution >= 4 is 17.3 Å². The van der Waals surface area contributed by atoms with E-state index in [0.29, 0.717) is 11.6 Å². The van der Waals surface area contributed by atoms with Gasteiger partial charge in [-0.3, -0.25) is 0 Å². The molecule has 0 spiro atoms. The summed E-state index contributed by atoms with van der Waals surface area (Å²) >= 11 is 1.65. The molecule has 4 heteroatoms. The minimum Gasteiger partial charge on any atom is -0.464 e. The Bertz CT molecular complexity index is 406. The fraction of sp³-hybridized carbons (Fsp3) is 0.692. The van der Waals surface area contributed by atoms with Crippen molar-refractivity contribution in [1.29, 1.82) is 0 Å². The molecule has 0 unspecified atom stereocenters. The summed E-state index contributed by atoms with van der Waals surface area (Å²) in [6.45, 7) is 4.25. The number of carbonyl (C=O) groups is 1. The Morgan fingerprint density at radius 2 is 2.00 bits per heavy atom. The Labute approximate surface area is 106 Å². The van der Waals surface area contributed by atoms with Crippen LogP contribution in [0, 0.1) is 12.8 Å². The van der Waals surface area contributed by atoms with Crippen molar-refractivity contribution in [3.8, 4) is 0 Å². The third-order valence-corrected chi connectivity index (χ3v) is 4.66. The first-order chi connectivity index (χ1) is 8.11. The highest BCUT2D eigenvalue weighted by Crippen LogP contribution is 2.39. The van der Waals surface area contributed by atoms with Gasteiger partial charge >= 0.3 is 5.97 Å². The van der Waals surface area contributed by atoms with Crippen molar-refractivity contribution < 1.29 is 9.53 Å². The molecule has 3 nitrogen and oxygen atoms in total. The first kappa shape index (κ1) is 12.6. The van der Waals surface area contributed by atoms with Gasteiger partial charge in [0, 0.05) is 4.88 Å². The largest absolute Gasteiger partial charge is 0.464 e. The lowest BCUT2D eigenvalue weighted by Crippen LogP contribution is -2.13. The zero-order valence-corrected chi connectivity index (χ0v) is 11.5. The summed E-state index contributed by atoms with van der Waals surface area (Å²) in [5, 5.41) is 0.957. The van der Waals surface area contributed by atoms with Gasteiger partial charge in [0.15, 0.2) is 5.69 Å². The number of aryl methyl sites for hydroxylation is 1. The summed E-state index contributed by atoms with van der Waals surface area (Å²) in [5.74, 6) is 1.04. The van der Waals surface area contributed by atoms with Gasteiger partial charge in [-0.2, -0.15) is 0 Å². The van der Waals surface area contributed by atoms with Gasteiger partial charge < -0.3 is 4.74 Å². The van der Waals surface area contributed by atoms with Crippen LogP contribution in [0.25, 0.3) is 0 Å². The highest BCUT2D eigenvalue weighted by molar-refractivity contribution is 7.12. The molecule has 1 aromatic heterocycles. The van der Waals surface area contributed by atoms with Crippen LogP contribution in [0.5, 0.6) is 0 Å². The van der Waals surface area contributed by atoms with Crippen LogP contribution < -0.4 is 0 Å². The lowest BCUT2D eigenvalue weighted by molar-refractivity contribution is 0.0592. The number of rotatable bonds is 2. The highest BCUT2D eigenvalue weighted by atomic mass is 32.1. The predicted molar refractivity (Wildman–Crippen MR) is 68.6 cm³/mol. The molecule has 1 aliphatic carbocycles. The Kier molecular flexibility index (Phi) is 3.82. The van der Waals surface area contributed by atoms with Gasteiger partial charge in [0.2, 0.25) is 0 Å². The normalized spacial score (nSPS) is 24.6. The smallest absolute Gasteiger partial charge is 0.357 e. The zero-order chi connectivity index (χ0) is 12.4. The number of aromatic nitrogens is 1. The fourth-order valence-electron chi connectivity index (χ4n) is 2.48. The van der Waals surface area contributed by atoms with Gasteiger partial charge in [-0.05, 0) is 31.6 Å². The van der Waals surface area contributed by atoms with E-state index in [0.717, 1.165) is 15.8 Å². The van der Waals surface area contributed by atoms with Crippen molar-refractivity contribution in [2.75, 3.05) is 7.11 Å². The van der Waals surface area contributed by atoms with Crippen molar-refractivity contribution in [1.82, 2.24) is 4.98 Å². The van der Waals surface area contributed by atoms with Crippen LogP contribution in [0.3, 0.4) is 0 Å². The predicted octanol–water partition coefficient (Wildman–Crippen LogP) is 3.53. The number of thiazole rings is 1. The van der Waals surface area contributed by atoms with Gasteiger partial charge in [-0.1, -0.05) is 19.8 Å². The van der Waals surface area contributed by atoms with Gasteiger partial charge in [0.1, 0.15) is 0 Å². The van der Waals surface area contributed by atoms with E-state index in [9.17, 15) is 4.79 Å². The second kappa shape index (κ2) is 5.17. The monoisotopic (exact) mass is 253 g/mol. The molecule has 0 amide bonds. The number of carbonyl (C=O) groups excluding carboxylic acids is 1. The van der Waals surface area contributed by atoms with E-state index in [1.165, 1.54) is 32.8 Å². The number of esters is 1. The molecule has 1 aromatic rings. The SMILES string of the molecule is COC(=O)c1nc(C)sc1C1CCC(C)CC1. The second-order valence-corrected chi connectivity index (χ2v) is 6.13. The quantitative estimate of drug-likeness (QED) is 0.757. The second-order valence-electron chi connectivity index (χ2n) is 4.89. The van der Waals surface area contributed by atoms with Gasteiger partial charge in [-0.25, -0.2) is 9.78 Å². The standard InChI is InChI=1S/C13H19NO2S/c1-8-4-6-10(7-5-8)12-11(13(15)16-3)14-9(2)17-12/h8,10H,4-7H2,1-3H3. The number of hydrogen-bond acceptors (Lipinski definition) is 4. The van der Waals surface area contributed by atoms with E-state index in [-0.39, 0.29) is 5.97 Å². The third-order valence-electron chi connectivity index (χ3n) is 3.53. The first-order valence-corrected chi connectivity index (χ1v) is 6.99. The molecule has 0 bridgehead atoms. The van der Waals surface area contributed by atoms with Crippen LogP contribution in [0.2, 0.25) is 0 Å². The molecule has 1 aliphatic rings. The molecule has 0 atom stereocenters. The average Bonchev–Trinajstić information content (AvgIpc) is 2.71. The molecule has 2 rings (SSSR count). The molecule has 0 N–H and O–H groups in total. The van der Waals surface area contributed by atoms with Gasteiger partial charge in [0.25, 0.3) is 0 Å². The molecular formula is C13H19NO2S. The zero-order valence-electron chi connectivity index (χ0n) is 10.7. The third kappa shape index (κ3) is 2.68. The van der Waals surface area contributed by atoms with E-state index in [1.807, 2.05) is 6.92 Å². The van der Waals surface area contributed by atoms with Crippen LogP contribution in [-0.4, -0.2) is 18.1 Å². The Morgan fingerprint density at radius 1 is 1.35 bits per heavy atom. The number of nitrogens with zero attached hydrogens (tertiary/aromatic N) is 1. The molecule has 1 saturated carbocycles. The van der Waals surface area contributed by atoms with Crippen LogP contribution in [0.1, 0.15) is 58.9 Å². The summed E-state index contributed by atoms with van der Waals surface area (Å²) in [5.41, 5.74) is 0.551. The maximum absolute atomic E-state index is 11.7. The topological polar surface area (TPSA) is 39.2 Å². The van der Waals surface area contributed by atoms with Crippen LogP contribution >= 0.6 is 11.3 Å². The average molecular weight is 253 g/mol. The maximum atomic E-state index is 11.7. The fourth-order valence-corrected chi connectivity index (χ4v) is 3.57. The summed E-state index contributed by atoms with van der Waals surface area (Å²) in [4.78, 5) is 17.1. The number of methoxy groups -OCH3 is 1. The van der Waals surface area contributed by atoms with E-state index in [1.54, 1.807) is 11.3 Å². The summed E-state index contributed by atoms with van der Waals surface area (Å²) < 4.78 is 4.81. The van der Waals surface area contributed by atoms with Crippen LogP contribution in [0.4, 0.5) is 0 Å². The molecule has 0 radical (unpaired) electrons.